The molecule has 0 aromatic heterocycles. The van der Waals surface area contributed by atoms with E-state index in [9.17, 15) is 0 Å². The molecule has 4 aliphatic carbocycles. The lowest BCUT2D eigenvalue weighted by Gasteiger charge is -2.61. The Morgan fingerprint density at radius 3 is 2.56 bits per heavy atom. The summed E-state index contributed by atoms with van der Waals surface area (Å²) in [5, 5.41) is 7.65. The summed E-state index contributed by atoms with van der Waals surface area (Å²) in [5.74, 6) is 5.82. The third-order valence-electron chi connectivity index (χ3n) is 12.3. The molecule has 0 bridgehead atoms. The molecule has 5 aliphatic rings. The molecule has 4 heteroatoms. The van der Waals surface area contributed by atoms with Gasteiger partial charge in [-0.1, -0.05) is 41.0 Å². The zero-order valence-corrected chi connectivity index (χ0v) is 23.0. The van der Waals surface area contributed by atoms with Crippen LogP contribution in [0.25, 0.3) is 0 Å². The van der Waals surface area contributed by atoms with E-state index in [1.54, 1.807) is 0 Å². The molecule has 5 rings (SSSR count). The summed E-state index contributed by atoms with van der Waals surface area (Å²) < 4.78 is 6.79. The Morgan fingerprint density at radius 1 is 1.00 bits per heavy atom. The fraction of sp³-hybridized carbons (Fsp3) is 1.00. The minimum absolute atomic E-state index is 0.273. The highest BCUT2D eigenvalue weighted by Gasteiger charge is 2.65. The Balaban J connectivity index is 1.25. The van der Waals surface area contributed by atoms with Gasteiger partial charge >= 0.3 is 0 Å². The molecule has 34 heavy (non-hydrogen) atoms. The average molecular weight is 474 g/mol. The van der Waals surface area contributed by atoms with Crippen molar-refractivity contribution < 1.29 is 4.74 Å². The standard InChI is InChI=1S/C30H55N3O/c1-6-19(2)18-33-28-20(3)27-26(34-28)17-25-23-9-8-21-16-22(32-15-7-14-31)10-12-29(21,4)24(23)11-13-30(25,27)5/h19-28,32-33H,6-18,31H2,1-5H3/t19-,20?,21?,22?,23?,24?,25?,26?,27?,28?,29?,30?/m0/s1. The van der Waals surface area contributed by atoms with Gasteiger partial charge in [0.2, 0.25) is 0 Å². The van der Waals surface area contributed by atoms with Crippen LogP contribution in [0, 0.1) is 52.3 Å². The van der Waals surface area contributed by atoms with E-state index >= 15 is 0 Å². The number of fused-ring (bicyclic) bond motifs is 7. The maximum Gasteiger partial charge on any atom is 0.111 e. The Bertz CT molecular complexity index is 701. The highest BCUT2D eigenvalue weighted by Crippen LogP contribution is 2.69. The van der Waals surface area contributed by atoms with Crippen molar-refractivity contribution in [2.24, 2.45) is 58.0 Å². The number of nitrogens with two attached hydrogens (primary N) is 1. The molecule has 196 valence electrons. The van der Waals surface area contributed by atoms with Crippen LogP contribution in [0.2, 0.25) is 0 Å². The number of nitrogens with one attached hydrogen (secondary N) is 2. The fourth-order valence-electron chi connectivity index (χ4n) is 10.2. The maximum atomic E-state index is 6.79. The van der Waals surface area contributed by atoms with Crippen LogP contribution in [-0.4, -0.2) is 38.0 Å². The van der Waals surface area contributed by atoms with Gasteiger partial charge in [0.25, 0.3) is 0 Å². The predicted molar refractivity (Wildman–Crippen MR) is 141 cm³/mol. The normalized spacial score (nSPS) is 50.8. The Hall–Kier alpha value is -0.160. The van der Waals surface area contributed by atoms with E-state index in [1.807, 2.05) is 0 Å². The van der Waals surface area contributed by atoms with E-state index in [0.29, 0.717) is 22.9 Å². The minimum Gasteiger partial charge on any atom is -0.360 e. The first-order chi connectivity index (χ1) is 16.3. The molecule has 0 aromatic carbocycles. The van der Waals surface area contributed by atoms with E-state index < -0.39 is 0 Å². The lowest BCUT2D eigenvalue weighted by molar-refractivity contribution is -0.119. The van der Waals surface area contributed by atoms with Gasteiger partial charge in [0.1, 0.15) is 6.23 Å². The summed E-state index contributed by atoms with van der Waals surface area (Å²) >= 11 is 0. The van der Waals surface area contributed by atoms with Crippen LogP contribution < -0.4 is 16.4 Å². The summed E-state index contributed by atoms with van der Waals surface area (Å²) in [6.45, 7) is 15.5. The van der Waals surface area contributed by atoms with Crippen molar-refractivity contribution in [1.82, 2.24) is 10.6 Å². The van der Waals surface area contributed by atoms with Gasteiger partial charge in [0, 0.05) is 18.5 Å². The fourth-order valence-corrected chi connectivity index (χ4v) is 10.2. The van der Waals surface area contributed by atoms with E-state index in [1.165, 1.54) is 57.8 Å². The Labute approximate surface area is 210 Å². The number of hydrogen-bond donors (Lipinski definition) is 3. The molecule has 1 saturated heterocycles. The van der Waals surface area contributed by atoms with E-state index in [-0.39, 0.29) is 6.23 Å². The van der Waals surface area contributed by atoms with Gasteiger partial charge in [0.05, 0.1) is 6.10 Å². The second-order valence-corrected chi connectivity index (χ2v) is 13.9. The molecule has 0 radical (unpaired) electrons. The summed E-state index contributed by atoms with van der Waals surface area (Å²) in [7, 11) is 0. The van der Waals surface area contributed by atoms with Crippen molar-refractivity contribution in [1.29, 1.82) is 0 Å². The Kier molecular flexibility index (Phi) is 7.46. The third-order valence-corrected chi connectivity index (χ3v) is 12.3. The molecule has 4 nitrogen and oxygen atoms in total. The average Bonchev–Trinajstić information content (AvgIpc) is 3.30. The quantitative estimate of drug-likeness (QED) is 0.404. The predicted octanol–water partition coefficient (Wildman–Crippen LogP) is 5.56. The van der Waals surface area contributed by atoms with Gasteiger partial charge in [-0.05, 0) is 117 Å². The first-order valence-corrected chi connectivity index (χ1v) is 15.1. The highest BCUT2D eigenvalue weighted by atomic mass is 16.5. The van der Waals surface area contributed by atoms with Crippen LogP contribution >= 0.6 is 0 Å². The summed E-state index contributed by atoms with van der Waals surface area (Å²) in [6, 6.07) is 0.731. The highest BCUT2D eigenvalue weighted by molar-refractivity contribution is 5.14. The van der Waals surface area contributed by atoms with Crippen LogP contribution in [0.1, 0.15) is 98.8 Å². The molecule has 12 atom stereocenters. The van der Waals surface area contributed by atoms with Crippen molar-refractivity contribution in [2.45, 2.75) is 117 Å². The lowest BCUT2D eigenvalue weighted by Crippen LogP contribution is -2.55. The molecule has 5 fully saturated rings. The topological polar surface area (TPSA) is 59.3 Å². The Morgan fingerprint density at radius 2 is 1.79 bits per heavy atom. The molecule has 0 amide bonds. The van der Waals surface area contributed by atoms with E-state index in [0.717, 1.165) is 67.6 Å². The first-order valence-electron chi connectivity index (χ1n) is 15.1. The van der Waals surface area contributed by atoms with Crippen LogP contribution in [0.5, 0.6) is 0 Å². The molecular formula is C30H55N3O. The zero-order chi connectivity index (χ0) is 24.1. The van der Waals surface area contributed by atoms with Crippen molar-refractivity contribution in [3.8, 4) is 0 Å². The molecule has 0 spiro atoms. The second-order valence-electron chi connectivity index (χ2n) is 13.9. The molecular weight excluding hydrogens is 418 g/mol. The smallest absolute Gasteiger partial charge is 0.111 e. The summed E-state index contributed by atoms with van der Waals surface area (Å²) in [6.07, 6.45) is 14.5. The summed E-state index contributed by atoms with van der Waals surface area (Å²) in [4.78, 5) is 0. The second kappa shape index (κ2) is 9.95. The van der Waals surface area contributed by atoms with Gasteiger partial charge < -0.3 is 15.8 Å². The van der Waals surface area contributed by atoms with Crippen molar-refractivity contribution in [2.75, 3.05) is 19.6 Å². The van der Waals surface area contributed by atoms with Gasteiger partial charge in [-0.2, -0.15) is 0 Å². The van der Waals surface area contributed by atoms with Crippen LogP contribution in [-0.2, 0) is 4.74 Å². The van der Waals surface area contributed by atoms with Crippen molar-refractivity contribution in [3.63, 3.8) is 0 Å². The van der Waals surface area contributed by atoms with Crippen molar-refractivity contribution >= 4 is 0 Å². The number of ether oxygens (including phenoxy) is 1. The van der Waals surface area contributed by atoms with E-state index in [2.05, 4.69) is 45.3 Å². The van der Waals surface area contributed by atoms with Gasteiger partial charge in [-0.3, -0.25) is 5.32 Å². The number of hydrogen-bond acceptors (Lipinski definition) is 4. The van der Waals surface area contributed by atoms with Gasteiger partial charge in [-0.25, -0.2) is 0 Å². The number of rotatable bonds is 8. The van der Waals surface area contributed by atoms with Crippen LogP contribution in [0.3, 0.4) is 0 Å². The molecule has 11 unspecified atom stereocenters. The molecule has 0 aromatic rings. The van der Waals surface area contributed by atoms with Gasteiger partial charge in [0.15, 0.2) is 0 Å². The summed E-state index contributed by atoms with van der Waals surface area (Å²) in [5.41, 5.74) is 6.79. The maximum absolute atomic E-state index is 6.79. The SMILES string of the molecule is CC[C@H](C)CNC1OC2CC3C4CCC5CC(NCCCN)CCC5(C)C4CCC3(C)C2C1C. The zero-order valence-electron chi connectivity index (χ0n) is 23.0. The van der Waals surface area contributed by atoms with E-state index in [4.69, 9.17) is 10.5 Å². The first kappa shape index (κ1) is 25.5. The molecule has 4 N–H and O–H groups in total. The van der Waals surface area contributed by atoms with Crippen LogP contribution in [0.4, 0.5) is 0 Å². The monoisotopic (exact) mass is 473 g/mol. The molecule has 1 aliphatic heterocycles. The third kappa shape index (κ3) is 4.21. The minimum atomic E-state index is 0.273. The van der Waals surface area contributed by atoms with Crippen LogP contribution in [0.15, 0.2) is 0 Å². The molecule has 1 heterocycles. The molecule has 4 saturated carbocycles. The largest absolute Gasteiger partial charge is 0.360 e. The lowest BCUT2D eigenvalue weighted by atomic mass is 9.44. The van der Waals surface area contributed by atoms with Gasteiger partial charge in [-0.15, -0.1) is 0 Å². The van der Waals surface area contributed by atoms with Crippen molar-refractivity contribution in [3.05, 3.63) is 0 Å².